The predicted octanol–water partition coefficient (Wildman–Crippen LogP) is 4.95. The molecule has 0 spiro atoms. The van der Waals surface area contributed by atoms with E-state index < -0.39 is 27.9 Å². The Bertz CT molecular complexity index is 1000. The molecule has 2 aromatic rings. The van der Waals surface area contributed by atoms with Gasteiger partial charge in [0.05, 0.1) is 17.4 Å². The molecule has 1 amide bonds. The van der Waals surface area contributed by atoms with Crippen LogP contribution in [0.25, 0.3) is 11.1 Å². The number of nitrogens with zero attached hydrogens (tertiary/aromatic N) is 1. The second kappa shape index (κ2) is 8.88. The average molecular weight is 480 g/mol. The third-order valence-corrected chi connectivity index (χ3v) is 7.65. The van der Waals surface area contributed by atoms with Crippen LogP contribution in [0.1, 0.15) is 45.1 Å². The number of benzene rings is 2. The van der Waals surface area contributed by atoms with Crippen molar-refractivity contribution in [3.63, 3.8) is 0 Å². The van der Waals surface area contributed by atoms with E-state index in [1.807, 2.05) is 30.3 Å². The minimum atomic E-state index is -3.89. The van der Waals surface area contributed by atoms with Gasteiger partial charge in [-0.05, 0) is 56.9 Å². The highest BCUT2D eigenvalue weighted by molar-refractivity contribution is 9.09. The Hall–Kier alpha value is -1.86. The van der Waals surface area contributed by atoms with Gasteiger partial charge in [0, 0.05) is 16.9 Å². The zero-order valence-electron chi connectivity index (χ0n) is 16.9. The molecule has 1 aliphatic heterocycles. The Morgan fingerprint density at radius 3 is 2.45 bits per heavy atom. The van der Waals surface area contributed by atoms with E-state index in [-0.39, 0.29) is 4.90 Å². The van der Waals surface area contributed by atoms with Gasteiger partial charge in [-0.2, -0.15) is 0 Å². The Balaban J connectivity index is 2.12. The average Bonchev–Trinajstić information content (AvgIpc) is 2.69. The van der Waals surface area contributed by atoms with Crippen molar-refractivity contribution >= 4 is 31.9 Å². The molecule has 3 rings (SSSR count). The second-order valence-corrected chi connectivity index (χ2v) is 9.99. The van der Waals surface area contributed by atoms with E-state index >= 15 is 0 Å². The first-order chi connectivity index (χ1) is 13.8. The van der Waals surface area contributed by atoms with Crippen molar-refractivity contribution in [3.05, 3.63) is 48.0 Å². The Kier molecular flexibility index (Phi) is 6.69. The van der Waals surface area contributed by atoms with Crippen molar-refractivity contribution in [2.75, 3.05) is 11.9 Å². The summed E-state index contributed by atoms with van der Waals surface area (Å²) in [6.07, 6.45) is 1.93. The highest BCUT2D eigenvalue weighted by Gasteiger charge is 2.43. The zero-order valence-corrected chi connectivity index (χ0v) is 19.3. The van der Waals surface area contributed by atoms with Crippen molar-refractivity contribution in [2.24, 2.45) is 0 Å². The molecule has 2 aromatic carbocycles. The molecule has 0 saturated heterocycles. The molecule has 1 aliphatic rings. The number of amides is 1. The smallest absolute Gasteiger partial charge is 0.267 e. The van der Waals surface area contributed by atoms with Crippen LogP contribution in [0.2, 0.25) is 0 Å². The van der Waals surface area contributed by atoms with Crippen molar-refractivity contribution in [2.45, 2.75) is 50.5 Å². The summed E-state index contributed by atoms with van der Waals surface area (Å²) < 4.78 is 33.4. The second-order valence-electron chi connectivity index (χ2n) is 7.41. The third kappa shape index (κ3) is 4.08. The van der Waals surface area contributed by atoms with Crippen LogP contribution in [0.3, 0.4) is 0 Å². The van der Waals surface area contributed by atoms with Gasteiger partial charge in [0.25, 0.3) is 10.0 Å². The van der Waals surface area contributed by atoms with E-state index in [2.05, 4.69) is 15.9 Å². The number of ether oxygens (including phenoxy) is 1. The number of halogens is 1. The third-order valence-electron chi connectivity index (χ3n) is 5.06. The summed E-state index contributed by atoms with van der Waals surface area (Å²) in [7, 11) is -3.89. The van der Waals surface area contributed by atoms with Gasteiger partial charge >= 0.3 is 0 Å². The van der Waals surface area contributed by atoms with Crippen LogP contribution in [0.4, 0.5) is 0 Å². The minimum Gasteiger partial charge on any atom is -0.493 e. The van der Waals surface area contributed by atoms with Gasteiger partial charge in [-0.15, -0.1) is 0 Å². The molecular weight excluding hydrogens is 454 g/mol. The highest BCUT2D eigenvalue weighted by atomic mass is 79.9. The van der Waals surface area contributed by atoms with E-state index in [1.54, 1.807) is 32.9 Å². The summed E-state index contributed by atoms with van der Waals surface area (Å²) in [5.74, 6) is -0.261. The molecule has 156 valence electrons. The molecule has 1 unspecified atom stereocenters. The van der Waals surface area contributed by atoms with E-state index in [4.69, 9.17) is 4.74 Å². The van der Waals surface area contributed by atoms with Crippen LogP contribution in [0, 0.1) is 0 Å². The lowest BCUT2D eigenvalue weighted by atomic mass is 9.90. The lowest BCUT2D eigenvalue weighted by Crippen LogP contribution is -2.47. The number of hydrogen-bond donors (Lipinski definition) is 0. The van der Waals surface area contributed by atoms with Crippen molar-refractivity contribution in [1.29, 1.82) is 0 Å². The molecule has 0 fully saturated rings. The van der Waals surface area contributed by atoms with Crippen LogP contribution >= 0.6 is 15.9 Å². The normalized spacial score (nSPS) is 18.0. The number of rotatable bonds is 7. The van der Waals surface area contributed by atoms with Crippen molar-refractivity contribution < 1.29 is 17.9 Å². The SMILES string of the molecule is CC1C(=O)N(C(C)C)S(=O)(=O)c2cccc(-c3ccccc3OCCCCBr)c21. The van der Waals surface area contributed by atoms with Crippen LogP contribution in [-0.4, -0.2) is 36.6 Å². The Labute approximate surface area is 181 Å². The molecule has 0 aromatic heterocycles. The van der Waals surface area contributed by atoms with Crippen molar-refractivity contribution in [3.8, 4) is 16.9 Å². The van der Waals surface area contributed by atoms with Crippen LogP contribution < -0.4 is 4.74 Å². The van der Waals surface area contributed by atoms with E-state index in [0.717, 1.165) is 33.6 Å². The first-order valence-corrected chi connectivity index (χ1v) is 12.4. The van der Waals surface area contributed by atoms with Crippen LogP contribution in [0.5, 0.6) is 5.75 Å². The summed E-state index contributed by atoms with van der Waals surface area (Å²) in [5, 5.41) is 0.925. The van der Waals surface area contributed by atoms with Gasteiger partial charge in [-0.1, -0.05) is 46.3 Å². The lowest BCUT2D eigenvalue weighted by Gasteiger charge is -2.35. The van der Waals surface area contributed by atoms with Crippen molar-refractivity contribution in [1.82, 2.24) is 4.31 Å². The summed E-state index contributed by atoms with van der Waals surface area (Å²) in [6, 6.07) is 12.3. The minimum absolute atomic E-state index is 0.199. The van der Waals surface area contributed by atoms with E-state index in [9.17, 15) is 13.2 Å². The number of carbonyl (C=O) groups excluding carboxylic acids is 1. The molecule has 29 heavy (non-hydrogen) atoms. The number of alkyl halides is 1. The van der Waals surface area contributed by atoms with E-state index in [1.165, 1.54) is 0 Å². The predicted molar refractivity (Wildman–Crippen MR) is 118 cm³/mol. The number of hydrogen-bond acceptors (Lipinski definition) is 4. The molecule has 1 atom stereocenters. The highest BCUT2D eigenvalue weighted by Crippen LogP contribution is 2.43. The van der Waals surface area contributed by atoms with Gasteiger partial charge in [-0.25, -0.2) is 12.7 Å². The zero-order chi connectivity index (χ0) is 21.2. The summed E-state index contributed by atoms with van der Waals surface area (Å²) in [4.78, 5) is 13.2. The maximum atomic E-state index is 13.2. The maximum Gasteiger partial charge on any atom is 0.267 e. The number of fused-ring (bicyclic) bond motifs is 1. The fourth-order valence-corrected chi connectivity index (χ4v) is 6.09. The monoisotopic (exact) mass is 479 g/mol. The summed E-state index contributed by atoms with van der Waals surface area (Å²) >= 11 is 3.42. The van der Waals surface area contributed by atoms with Gasteiger partial charge < -0.3 is 4.74 Å². The Morgan fingerprint density at radius 2 is 1.76 bits per heavy atom. The molecule has 0 N–H and O–H groups in total. The lowest BCUT2D eigenvalue weighted by molar-refractivity contribution is -0.129. The van der Waals surface area contributed by atoms with Gasteiger partial charge in [0.1, 0.15) is 5.75 Å². The number of para-hydroxylation sites is 1. The Morgan fingerprint density at radius 1 is 1.07 bits per heavy atom. The molecule has 7 heteroatoms. The number of sulfonamides is 1. The van der Waals surface area contributed by atoms with Gasteiger partial charge in [0.2, 0.25) is 5.91 Å². The fraction of sp³-hybridized carbons (Fsp3) is 0.409. The number of carbonyl (C=O) groups is 1. The number of unbranched alkanes of at least 4 members (excludes halogenated alkanes) is 1. The molecule has 1 heterocycles. The topological polar surface area (TPSA) is 63.7 Å². The molecule has 0 bridgehead atoms. The molecule has 0 saturated carbocycles. The van der Waals surface area contributed by atoms with Gasteiger partial charge in [0.15, 0.2) is 0 Å². The van der Waals surface area contributed by atoms with Gasteiger partial charge in [-0.3, -0.25) is 4.79 Å². The largest absolute Gasteiger partial charge is 0.493 e. The van der Waals surface area contributed by atoms with E-state index in [0.29, 0.717) is 17.9 Å². The summed E-state index contributed by atoms with van der Waals surface area (Å²) in [5.41, 5.74) is 2.08. The van der Waals surface area contributed by atoms with Crippen LogP contribution in [-0.2, 0) is 14.8 Å². The fourth-order valence-electron chi connectivity index (χ4n) is 3.71. The molecule has 5 nitrogen and oxygen atoms in total. The quantitative estimate of drug-likeness (QED) is 0.416. The summed E-state index contributed by atoms with van der Waals surface area (Å²) in [6.45, 7) is 5.78. The first-order valence-electron chi connectivity index (χ1n) is 9.80. The molecular formula is C22H26BrNO4S. The van der Waals surface area contributed by atoms with Crippen LogP contribution in [0.15, 0.2) is 47.4 Å². The maximum absolute atomic E-state index is 13.2. The molecule has 0 aliphatic carbocycles. The standard InChI is InChI=1S/C22H26BrNO4S/c1-15(2)24-22(25)16(3)21-18(10-8-12-20(21)29(24,26)27)17-9-4-5-11-19(17)28-14-7-6-13-23/h4-5,8-12,15-16H,6-7,13-14H2,1-3H3. The first kappa shape index (κ1) is 21.8. The molecule has 0 radical (unpaired) electrons.